The third-order valence-electron chi connectivity index (χ3n) is 2.91. The van der Waals surface area contributed by atoms with Crippen LogP contribution in [0.5, 0.6) is 0 Å². The van der Waals surface area contributed by atoms with Gasteiger partial charge in [0.05, 0.1) is 0 Å². The van der Waals surface area contributed by atoms with E-state index in [0.29, 0.717) is 0 Å². The van der Waals surface area contributed by atoms with Gasteiger partial charge in [-0.05, 0) is 53.4 Å². The van der Waals surface area contributed by atoms with Gasteiger partial charge >= 0.3 is 5.97 Å². The molecule has 0 aromatic heterocycles. The minimum atomic E-state index is -1.04. The molecule has 0 bridgehead atoms. The highest BCUT2D eigenvalue weighted by Gasteiger charge is 2.01. The average Bonchev–Trinajstić information content (AvgIpc) is 2.35. The molecule has 0 aliphatic heterocycles. The fraction of sp³-hybridized carbons (Fsp3) is 0.529. The zero-order valence-corrected chi connectivity index (χ0v) is 13.5. The fourth-order valence-corrected chi connectivity index (χ4v) is 1.75. The Morgan fingerprint density at radius 2 is 1.52 bits per heavy atom. The normalized spacial score (nSPS) is 12.0. The van der Waals surface area contributed by atoms with E-state index in [9.17, 15) is 9.59 Å². The zero-order valence-electron chi connectivity index (χ0n) is 13.5. The van der Waals surface area contributed by atoms with Crippen molar-refractivity contribution < 1.29 is 14.7 Å². The minimum absolute atomic E-state index is 0.341. The van der Waals surface area contributed by atoms with Gasteiger partial charge in [0.15, 0.2) is 0 Å². The third kappa shape index (κ3) is 12.9. The van der Waals surface area contributed by atoms with Crippen molar-refractivity contribution in [2.24, 2.45) is 0 Å². The predicted molar refractivity (Wildman–Crippen MR) is 86.1 cm³/mol. The fourth-order valence-electron chi connectivity index (χ4n) is 1.75. The van der Waals surface area contributed by atoms with Crippen molar-refractivity contribution in [2.75, 3.05) is 6.54 Å². The number of hydrogen-bond donors (Lipinski definition) is 2. The van der Waals surface area contributed by atoms with E-state index < -0.39 is 5.97 Å². The van der Waals surface area contributed by atoms with E-state index >= 15 is 0 Å². The second-order valence-electron chi connectivity index (χ2n) is 5.51. The van der Waals surface area contributed by atoms with Crippen molar-refractivity contribution in [3.63, 3.8) is 0 Å². The van der Waals surface area contributed by atoms with E-state index in [1.807, 2.05) is 6.92 Å². The summed E-state index contributed by atoms with van der Waals surface area (Å²) >= 11 is 0. The Hall–Kier alpha value is -1.84. The maximum absolute atomic E-state index is 11.4. The Balaban J connectivity index is 4.06. The summed E-state index contributed by atoms with van der Waals surface area (Å²) in [6.07, 6.45) is 9.73. The van der Waals surface area contributed by atoms with Crippen LogP contribution in [-0.4, -0.2) is 23.5 Å². The summed E-state index contributed by atoms with van der Waals surface area (Å²) in [5, 5.41) is 10.8. The molecule has 4 nitrogen and oxygen atoms in total. The highest BCUT2D eigenvalue weighted by atomic mass is 16.4. The Kier molecular flexibility index (Phi) is 9.94. The molecular weight excluding hydrogens is 266 g/mol. The summed E-state index contributed by atoms with van der Waals surface area (Å²) in [7, 11) is 0. The van der Waals surface area contributed by atoms with Gasteiger partial charge in [0, 0.05) is 6.08 Å². The van der Waals surface area contributed by atoms with Crippen LogP contribution in [0, 0.1) is 0 Å². The summed E-state index contributed by atoms with van der Waals surface area (Å²) in [4.78, 5) is 21.7. The molecule has 1 amide bonds. The van der Waals surface area contributed by atoms with Gasteiger partial charge in [-0.2, -0.15) is 0 Å². The molecule has 0 fully saturated rings. The molecule has 118 valence electrons. The van der Waals surface area contributed by atoms with Crippen molar-refractivity contribution in [3.05, 3.63) is 34.9 Å². The molecule has 0 radical (unpaired) electrons. The third-order valence-corrected chi connectivity index (χ3v) is 2.91. The number of aliphatic carboxylic acids is 1. The largest absolute Gasteiger partial charge is 0.480 e. The lowest BCUT2D eigenvalue weighted by molar-refractivity contribution is -0.137. The van der Waals surface area contributed by atoms with E-state index in [0.717, 1.165) is 31.3 Å². The van der Waals surface area contributed by atoms with Crippen molar-refractivity contribution in [2.45, 2.75) is 53.4 Å². The summed E-state index contributed by atoms with van der Waals surface area (Å²) in [6.45, 7) is 7.86. The minimum Gasteiger partial charge on any atom is -0.480 e. The first-order valence-electron chi connectivity index (χ1n) is 7.27. The molecule has 4 heteroatoms. The Morgan fingerprint density at radius 3 is 2.10 bits per heavy atom. The summed E-state index contributed by atoms with van der Waals surface area (Å²) in [5.41, 5.74) is 3.65. The summed E-state index contributed by atoms with van der Waals surface area (Å²) < 4.78 is 0. The molecule has 0 saturated heterocycles. The van der Waals surface area contributed by atoms with Crippen LogP contribution in [-0.2, 0) is 9.59 Å². The van der Waals surface area contributed by atoms with Crippen molar-refractivity contribution in [1.82, 2.24) is 5.32 Å². The smallest absolute Gasteiger partial charge is 0.322 e. The van der Waals surface area contributed by atoms with Crippen molar-refractivity contribution in [1.29, 1.82) is 0 Å². The number of carboxylic acid groups (broad SMARTS) is 1. The number of hydrogen-bond acceptors (Lipinski definition) is 2. The van der Waals surface area contributed by atoms with Crippen LogP contribution in [0.2, 0.25) is 0 Å². The van der Waals surface area contributed by atoms with E-state index in [2.05, 4.69) is 38.2 Å². The predicted octanol–water partition coefficient (Wildman–Crippen LogP) is 3.61. The van der Waals surface area contributed by atoms with E-state index in [1.54, 1.807) is 0 Å². The Bertz CT molecular complexity index is 441. The average molecular weight is 293 g/mol. The first-order chi connectivity index (χ1) is 9.81. The second kappa shape index (κ2) is 10.9. The zero-order chi connectivity index (χ0) is 16.3. The van der Waals surface area contributed by atoms with Crippen molar-refractivity contribution >= 4 is 11.9 Å². The molecule has 0 aromatic rings. The van der Waals surface area contributed by atoms with Crippen LogP contribution in [0.25, 0.3) is 0 Å². The quantitative estimate of drug-likeness (QED) is 0.504. The van der Waals surface area contributed by atoms with Gasteiger partial charge in [-0.15, -0.1) is 0 Å². The van der Waals surface area contributed by atoms with Gasteiger partial charge in [0.2, 0.25) is 5.91 Å². The highest BCUT2D eigenvalue weighted by Crippen LogP contribution is 2.11. The van der Waals surface area contributed by atoms with Crippen LogP contribution >= 0.6 is 0 Å². The maximum Gasteiger partial charge on any atom is 0.322 e. The molecule has 0 rings (SSSR count). The van der Waals surface area contributed by atoms with E-state index in [-0.39, 0.29) is 12.5 Å². The molecule has 21 heavy (non-hydrogen) atoms. The SMILES string of the molecule is CC(C)=CCCC(C)=CCCC(C)=CC(=O)NCC(=O)O. The summed E-state index contributed by atoms with van der Waals surface area (Å²) in [5.74, 6) is -1.39. The van der Waals surface area contributed by atoms with Gasteiger partial charge in [-0.3, -0.25) is 9.59 Å². The van der Waals surface area contributed by atoms with Crippen LogP contribution in [0.1, 0.15) is 53.4 Å². The first-order valence-corrected chi connectivity index (χ1v) is 7.27. The lowest BCUT2D eigenvalue weighted by Crippen LogP contribution is -2.27. The molecular formula is C17H27NO3. The Morgan fingerprint density at radius 1 is 0.952 bits per heavy atom. The van der Waals surface area contributed by atoms with Gasteiger partial charge in [0.25, 0.3) is 0 Å². The van der Waals surface area contributed by atoms with Crippen LogP contribution in [0.3, 0.4) is 0 Å². The number of amides is 1. The Labute approximate surface area is 127 Å². The monoisotopic (exact) mass is 293 g/mol. The lowest BCUT2D eigenvalue weighted by Gasteiger charge is -2.02. The molecule has 0 aliphatic rings. The molecule has 0 aromatic carbocycles. The van der Waals surface area contributed by atoms with Gasteiger partial charge < -0.3 is 10.4 Å². The molecule has 0 spiro atoms. The van der Waals surface area contributed by atoms with Gasteiger partial charge in [0.1, 0.15) is 6.54 Å². The molecule has 0 saturated carbocycles. The van der Waals surface area contributed by atoms with E-state index in [1.165, 1.54) is 17.2 Å². The molecule has 0 aliphatic carbocycles. The number of carbonyl (C=O) groups is 2. The van der Waals surface area contributed by atoms with Gasteiger partial charge in [-0.25, -0.2) is 0 Å². The van der Waals surface area contributed by atoms with Gasteiger partial charge in [-0.1, -0.05) is 28.9 Å². The van der Waals surface area contributed by atoms with E-state index in [4.69, 9.17) is 5.11 Å². The standard InChI is InChI=1S/C17H27NO3/c1-13(2)7-5-8-14(3)9-6-10-15(4)11-16(19)18-12-17(20)21/h7,9,11H,5-6,8,10,12H2,1-4H3,(H,18,19)(H,20,21). The number of rotatable bonds is 9. The van der Waals surface area contributed by atoms with Crippen LogP contribution in [0.15, 0.2) is 34.9 Å². The molecule has 0 unspecified atom stereocenters. The molecule has 0 heterocycles. The number of nitrogens with one attached hydrogen (secondary N) is 1. The topological polar surface area (TPSA) is 66.4 Å². The summed E-state index contributed by atoms with van der Waals surface area (Å²) in [6, 6.07) is 0. The lowest BCUT2D eigenvalue weighted by atomic mass is 10.1. The second-order valence-corrected chi connectivity index (χ2v) is 5.51. The van der Waals surface area contributed by atoms with Crippen LogP contribution in [0.4, 0.5) is 0 Å². The number of carboxylic acids is 1. The molecule has 2 N–H and O–H groups in total. The maximum atomic E-state index is 11.4. The highest BCUT2D eigenvalue weighted by molar-refractivity contribution is 5.90. The van der Waals surface area contributed by atoms with Crippen LogP contribution < -0.4 is 5.32 Å². The molecule has 0 atom stereocenters. The number of allylic oxidation sites excluding steroid dienone is 5. The number of carbonyl (C=O) groups excluding carboxylic acids is 1. The van der Waals surface area contributed by atoms with Crippen molar-refractivity contribution in [3.8, 4) is 0 Å². The first kappa shape index (κ1) is 19.2.